The summed E-state index contributed by atoms with van der Waals surface area (Å²) in [5.41, 5.74) is 2.26. The number of sulfonamides is 1. The average molecular weight is 405 g/mol. The van der Waals surface area contributed by atoms with E-state index in [4.69, 9.17) is 32.7 Å². The summed E-state index contributed by atoms with van der Waals surface area (Å²) < 4.78 is 34.5. The Morgan fingerprint density at radius 3 is 2.08 bits per heavy atom. The Morgan fingerprint density at radius 1 is 0.960 bits per heavy atom. The van der Waals surface area contributed by atoms with Crippen molar-refractivity contribution < 1.29 is 22.7 Å². The lowest BCUT2D eigenvalue weighted by Gasteiger charge is -2.11. The molecule has 134 valence electrons. The third-order valence-corrected chi connectivity index (χ3v) is 5.10. The highest BCUT2D eigenvalue weighted by Crippen LogP contribution is 2.25. The third kappa shape index (κ3) is 4.76. The van der Waals surface area contributed by atoms with Crippen LogP contribution < -0.4 is 19.7 Å². The van der Waals surface area contributed by atoms with Gasteiger partial charge in [-0.25, -0.2) is 8.42 Å². The van der Waals surface area contributed by atoms with Crippen LogP contribution in [-0.4, -0.2) is 28.5 Å². The van der Waals surface area contributed by atoms with E-state index in [1.54, 1.807) is 6.07 Å². The second kappa shape index (κ2) is 7.92. The SMILES string of the molecule is COc1cc(OC)cc(C(=O)NNS(=O)(=O)c2ccc(Cl)c(Cl)c2)c1. The quantitative estimate of drug-likeness (QED) is 0.721. The number of amides is 1. The lowest BCUT2D eigenvalue weighted by atomic mass is 10.2. The number of rotatable bonds is 6. The monoisotopic (exact) mass is 404 g/mol. The summed E-state index contributed by atoms with van der Waals surface area (Å²) in [4.78, 5) is 14.0. The largest absolute Gasteiger partial charge is 0.497 e. The Balaban J connectivity index is 2.17. The standard InChI is InChI=1S/C15H14Cl2N2O5S/c1-23-10-5-9(6-11(7-10)24-2)15(20)18-19-25(21,22)12-3-4-13(16)14(17)8-12/h3-8,19H,1-2H3,(H,18,20). The van der Waals surface area contributed by atoms with Gasteiger partial charge in [-0.15, -0.1) is 4.83 Å². The number of hydrogen-bond donors (Lipinski definition) is 2. The smallest absolute Gasteiger partial charge is 0.266 e. The number of benzene rings is 2. The summed E-state index contributed by atoms with van der Waals surface area (Å²) in [5.74, 6) is 0.0783. The maximum Gasteiger partial charge on any atom is 0.266 e. The molecule has 0 bridgehead atoms. The van der Waals surface area contributed by atoms with Gasteiger partial charge in [0, 0.05) is 11.6 Å². The molecule has 0 aliphatic rings. The minimum absolute atomic E-state index is 0.0772. The second-order valence-corrected chi connectivity index (χ2v) is 7.23. The summed E-state index contributed by atoms with van der Waals surface area (Å²) >= 11 is 11.6. The van der Waals surface area contributed by atoms with Gasteiger partial charge in [-0.3, -0.25) is 10.2 Å². The molecule has 0 heterocycles. The zero-order chi connectivity index (χ0) is 18.6. The van der Waals surface area contributed by atoms with Gasteiger partial charge in [0.1, 0.15) is 11.5 Å². The highest BCUT2D eigenvalue weighted by atomic mass is 35.5. The minimum atomic E-state index is -4.02. The molecule has 2 aromatic rings. The number of hydrogen-bond acceptors (Lipinski definition) is 5. The van der Waals surface area contributed by atoms with Crippen molar-refractivity contribution in [2.75, 3.05) is 14.2 Å². The topological polar surface area (TPSA) is 93.7 Å². The number of carbonyl (C=O) groups excluding carboxylic acids is 1. The number of halogens is 2. The fourth-order valence-corrected chi connectivity index (χ4v) is 3.06. The van der Waals surface area contributed by atoms with Gasteiger partial charge < -0.3 is 9.47 Å². The highest BCUT2D eigenvalue weighted by Gasteiger charge is 2.18. The fraction of sp³-hybridized carbons (Fsp3) is 0.133. The molecule has 2 rings (SSSR count). The number of carbonyl (C=O) groups is 1. The Hall–Kier alpha value is -2.00. The van der Waals surface area contributed by atoms with Crippen molar-refractivity contribution in [2.24, 2.45) is 0 Å². The van der Waals surface area contributed by atoms with E-state index in [2.05, 4.69) is 5.43 Å². The summed E-state index contributed by atoms with van der Waals surface area (Å²) in [6, 6.07) is 8.23. The van der Waals surface area contributed by atoms with Crippen LogP contribution in [0.4, 0.5) is 0 Å². The number of methoxy groups -OCH3 is 2. The van der Waals surface area contributed by atoms with Crippen LogP contribution >= 0.6 is 23.2 Å². The molecule has 0 fully saturated rings. The predicted octanol–water partition coefficient (Wildman–Crippen LogP) is 2.63. The molecule has 1 amide bonds. The Kier molecular flexibility index (Phi) is 6.12. The van der Waals surface area contributed by atoms with Gasteiger partial charge in [0.2, 0.25) is 0 Å². The molecule has 0 aliphatic heterocycles. The highest BCUT2D eigenvalue weighted by molar-refractivity contribution is 7.89. The van der Waals surface area contributed by atoms with Gasteiger partial charge in [-0.1, -0.05) is 23.2 Å². The molecule has 10 heteroatoms. The third-order valence-electron chi connectivity index (χ3n) is 3.11. The van der Waals surface area contributed by atoms with Crippen LogP contribution in [0.2, 0.25) is 10.0 Å². The van der Waals surface area contributed by atoms with Gasteiger partial charge in [0.25, 0.3) is 15.9 Å². The van der Waals surface area contributed by atoms with Crippen LogP contribution in [0, 0.1) is 0 Å². The van der Waals surface area contributed by atoms with E-state index in [0.717, 1.165) is 0 Å². The first kappa shape index (κ1) is 19.3. The molecule has 25 heavy (non-hydrogen) atoms. The van der Waals surface area contributed by atoms with Gasteiger partial charge in [-0.2, -0.15) is 0 Å². The van der Waals surface area contributed by atoms with E-state index in [9.17, 15) is 13.2 Å². The van der Waals surface area contributed by atoms with Gasteiger partial charge in [0.15, 0.2) is 0 Å². The van der Waals surface area contributed by atoms with Crippen LogP contribution in [0.3, 0.4) is 0 Å². The molecule has 7 nitrogen and oxygen atoms in total. The normalized spacial score (nSPS) is 11.0. The molecular formula is C15H14Cl2N2O5S. The van der Waals surface area contributed by atoms with E-state index < -0.39 is 15.9 Å². The summed E-state index contributed by atoms with van der Waals surface area (Å²) in [6.45, 7) is 0. The van der Waals surface area contributed by atoms with Crippen molar-refractivity contribution in [3.63, 3.8) is 0 Å². The minimum Gasteiger partial charge on any atom is -0.497 e. The van der Waals surface area contributed by atoms with E-state index in [-0.39, 0.29) is 20.5 Å². The van der Waals surface area contributed by atoms with Crippen molar-refractivity contribution in [3.05, 3.63) is 52.0 Å². The Morgan fingerprint density at radius 2 is 1.56 bits per heavy atom. The number of ether oxygens (including phenoxy) is 2. The second-order valence-electron chi connectivity index (χ2n) is 4.74. The Labute approximate surface area is 154 Å². The van der Waals surface area contributed by atoms with Crippen LogP contribution in [0.5, 0.6) is 11.5 Å². The number of hydrazine groups is 1. The van der Waals surface area contributed by atoms with E-state index >= 15 is 0 Å². The van der Waals surface area contributed by atoms with Crippen molar-refractivity contribution in [2.45, 2.75) is 4.90 Å². The first-order valence-electron chi connectivity index (χ1n) is 6.77. The zero-order valence-electron chi connectivity index (χ0n) is 13.2. The Bertz CT molecular complexity index is 881. The summed E-state index contributed by atoms with van der Waals surface area (Å²) in [7, 11) is -1.15. The first-order chi connectivity index (χ1) is 11.8. The molecule has 2 N–H and O–H groups in total. The molecule has 2 aromatic carbocycles. The summed E-state index contributed by atoms with van der Waals surface area (Å²) in [5, 5.41) is 0.293. The lowest BCUT2D eigenvalue weighted by molar-refractivity contribution is 0.0944. The molecule has 0 spiro atoms. The van der Waals surface area contributed by atoms with E-state index in [0.29, 0.717) is 11.5 Å². The van der Waals surface area contributed by atoms with Gasteiger partial charge in [0.05, 0.1) is 29.2 Å². The van der Waals surface area contributed by atoms with Crippen LogP contribution in [-0.2, 0) is 10.0 Å². The van der Waals surface area contributed by atoms with Crippen molar-refractivity contribution in [1.82, 2.24) is 10.3 Å². The number of nitrogens with one attached hydrogen (secondary N) is 2. The molecular weight excluding hydrogens is 391 g/mol. The molecule has 0 saturated carbocycles. The molecule has 0 aromatic heterocycles. The maximum absolute atomic E-state index is 12.2. The van der Waals surface area contributed by atoms with Gasteiger partial charge >= 0.3 is 0 Å². The zero-order valence-corrected chi connectivity index (χ0v) is 15.5. The van der Waals surface area contributed by atoms with Crippen molar-refractivity contribution >= 4 is 39.1 Å². The molecule has 0 atom stereocenters. The average Bonchev–Trinajstić information content (AvgIpc) is 2.61. The van der Waals surface area contributed by atoms with Crippen molar-refractivity contribution in [3.8, 4) is 11.5 Å². The molecule has 0 unspecified atom stereocenters. The molecule has 0 radical (unpaired) electrons. The van der Waals surface area contributed by atoms with E-state index in [1.807, 2.05) is 4.83 Å². The maximum atomic E-state index is 12.2. The lowest BCUT2D eigenvalue weighted by Crippen LogP contribution is -2.41. The predicted molar refractivity (Wildman–Crippen MR) is 93.8 cm³/mol. The molecule has 0 saturated heterocycles. The molecule has 0 aliphatic carbocycles. The van der Waals surface area contributed by atoms with Crippen LogP contribution in [0.15, 0.2) is 41.3 Å². The van der Waals surface area contributed by atoms with Gasteiger partial charge in [-0.05, 0) is 30.3 Å². The first-order valence-corrected chi connectivity index (χ1v) is 9.01. The summed E-state index contributed by atoms with van der Waals surface area (Å²) in [6.07, 6.45) is 0. The van der Waals surface area contributed by atoms with Crippen LogP contribution in [0.25, 0.3) is 0 Å². The van der Waals surface area contributed by atoms with E-state index in [1.165, 1.54) is 44.6 Å². The fourth-order valence-electron chi connectivity index (χ4n) is 1.83. The van der Waals surface area contributed by atoms with Crippen molar-refractivity contribution in [1.29, 1.82) is 0 Å². The van der Waals surface area contributed by atoms with Crippen LogP contribution in [0.1, 0.15) is 10.4 Å².